The minimum Gasteiger partial charge on any atom is -0.314 e. The van der Waals surface area contributed by atoms with Gasteiger partial charge in [0.05, 0.1) is 0 Å². The summed E-state index contributed by atoms with van der Waals surface area (Å²) in [6.45, 7) is 9.28. The summed E-state index contributed by atoms with van der Waals surface area (Å²) in [4.78, 5) is 0. The van der Waals surface area contributed by atoms with Crippen LogP contribution in [0.4, 0.5) is 0 Å². The minimum absolute atomic E-state index is 0.905. The second kappa shape index (κ2) is 9.51. The van der Waals surface area contributed by atoms with Gasteiger partial charge in [0.25, 0.3) is 0 Å². The van der Waals surface area contributed by atoms with E-state index in [-0.39, 0.29) is 0 Å². The highest BCUT2D eigenvalue weighted by atomic mass is 14.9. The van der Waals surface area contributed by atoms with Gasteiger partial charge in [-0.25, -0.2) is 0 Å². The Morgan fingerprint density at radius 1 is 0.786 bits per heavy atom. The Morgan fingerprint density at radius 2 is 1.36 bits per heavy atom. The summed E-state index contributed by atoms with van der Waals surface area (Å²) in [6, 6.07) is 0.905. The molecule has 0 spiro atoms. The van der Waals surface area contributed by atoms with E-state index >= 15 is 0 Å². The summed E-state index contributed by atoms with van der Waals surface area (Å²) in [6.07, 6.45) is 8.82. The van der Waals surface area contributed by atoms with Gasteiger partial charge < -0.3 is 5.32 Å². The van der Waals surface area contributed by atoms with Gasteiger partial charge in [-0.3, -0.25) is 0 Å². The van der Waals surface area contributed by atoms with Gasteiger partial charge in [0.2, 0.25) is 0 Å². The van der Waals surface area contributed by atoms with E-state index in [1.54, 1.807) is 0 Å². The Balaban J connectivity index is 0.000000379. The van der Waals surface area contributed by atoms with Gasteiger partial charge in [0.15, 0.2) is 0 Å². The van der Waals surface area contributed by atoms with E-state index in [0.717, 1.165) is 12.0 Å². The van der Waals surface area contributed by atoms with Crippen LogP contribution >= 0.6 is 0 Å². The first-order chi connectivity index (χ1) is 6.97. The number of nitrogens with one attached hydrogen (secondary N) is 1. The van der Waals surface area contributed by atoms with Crippen molar-refractivity contribution < 1.29 is 0 Å². The average Bonchev–Trinajstić information content (AvgIpc) is 2.34. The second-order valence-corrected chi connectivity index (χ2v) is 3.75. The van der Waals surface area contributed by atoms with Crippen LogP contribution in [-0.4, -0.2) is 12.6 Å². The summed E-state index contributed by atoms with van der Waals surface area (Å²) in [5.74, 6) is 1.04. The lowest BCUT2D eigenvalue weighted by molar-refractivity contribution is 0.212. The maximum Gasteiger partial charge on any atom is 0.00953 e. The molecule has 2 unspecified atom stereocenters. The zero-order chi connectivity index (χ0) is 10.8. The van der Waals surface area contributed by atoms with E-state index < -0.39 is 0 Å². The molecule has 1 aliphatic heterocycles. The number of piperidine rings is 1. The molecule has 0 aromatic rings. The maximum absolute atomic E-state index is 3.62. The number of fused-ring (bicyclic) bond motifs is 1. The molecule has 1 heterocycles. The standard InChI is InChI=1S/C9H17N.2C2H6/c1-2-6-9-8(4-1)5-3-7-10-9;2*1-2/h8-10H,1-7H2;2*1-2H3. The normalized spacial score (nSPS) is 30.0. The predicted octanol–water partition coefficient (Wildman–Crippen LogP) is 3.98. The lowest BCUT2D eigenvalue weighted by Crippen LogP contribution is -2.42. The molecule has 2 aliphatic rings. The van der Waals surface area contributed by atoms with Gasteiger partial charge in [0, 0.05) is 6.04 Å². The van der Waals surface area contributed by atoms with Gasteiger partial charge in [-0.2, -0.15) is 0 Å². The fraction of sp³-hybridized carbons (Fsp3) is 1.00. The summed E-state index contributed by atoms with van der Waals surface area (Å²) >= 11 is 0. The zero-order valence-corrected chi connectivity index (χ0v) is 10.6. The highest BCUT2D eigenvalue weighted by molar-refractivity contribution is 4.84. The van der Waals surface area contributed by atoms with Crippen LogP contribution in [0.25, 0.3) is 0 Å². The van der Waals surface area contributed by atoms with Gasteiger partial charge in [0.1, 0.15) is 0 Å². The summed E-state index contributed by atoms with van der Waals surface area (Å²) in [5, 5.41) is 3.62. The molecule has 2 atom stereocenters. The molecular formula is C13H29N. The number of rotatable bonds is 0. The van der Waals surface area contributed by atoms with E-state index in [2.05, 4.69) is 5.32 Å². The van der Waals surface area contributed by atoms with Crippen molar-refractivity contribution in [2.45, 2.75) is 72.3 Å². The van der Waals surface area contributed by atoms with E-state index in [9.17, 15) is 0 Å². The largest absolute Gasteiger partial charge is 0.314 e. The molecule has 1 saturated carbocycles. The molecule has 1 N–H and O–H groups in total. The number of hydrogen-bond acceptors (Lipinski definition) is 1. The third-order valence-electron chi connectivity index (χ3n) is 3.07. The monoisotopic (exact) mass is 199 g/mol. The van der Waals surface area contributed by atoms with E-state index in [0.29, 0.717) is 0 Å². The highest BCUT2D eigenvalue weighted by Crippen LogP contribution is 2.29. The molecule has 2 fully saturated rings. The molecule has 14 heavy (non-hydrogen) atoms. The smallest absolute Gasteiger partial charge is 0.00953 e. The SMILES string of the molecule is C1CCC2NCCCC2C1.CC.CC. The van der Waals surface area contributed by atoms with Crippen molar-refractivity contribution in [3.05, 3.63) is 0 Å². The van der Waals surface area contributed by atoms with Crippen LogP contribution in [0.3, 0.4) is 0 Å². The predicted molar refractivity (Wildman–Crippen MR) is 65.7 cm³/mol. The molecule has 0 radical (unpaired) electrons. The van der Waals surface area contributed by atoms with Crippen molar-refractivity contribution in [1.82, 2.24) is 5.32 Å². The molecule has 1 aliphatic carbocycles. The summed E-state index contributed by atoms with van der Waals surface area (Å²) in [7, 11) is 0. The van der Waals surface area contributed by atoms with Gasteiger partial charge in [-0.1, -0.05) is 40.5 Å². The molecule has 2 rings (SSSR count). The van der Waals surface area contributed by atoms with Crippen molar-refractivity contribution in [1.29, 1.82) is 0 Å². The lowest BCUT2D eigenvalue weighted by Gasteiger charge is -2.36. The summed E-state index contributed by atoms with van der Waals surface area (Å²) in [5.41, 5.74) is 0. The van der Waals surface area contributed by atoms with Crippen LogP contribution in [0.1, 0.15) is 66.2 Å². The molecule has 1 nitrogen and oxygen atoms in total. The fourth-order valence-corrected chi connectivity index (χ4v) is 2.47. The first kappa shape index (κ1) is 14.0. The van der Waals surface area contributed by atoms with Gasteiger partial charge in [-0.05, 0) is 38.1 Å². The third kappa shape index (κ3) is 4.45. The lowest BCUT2D eigenvalue weighted by atomic mass is 9.80. The Hall–Kier alpha value is -0.0400. The first-order valence-corrected chi connectivity index (χ1v) is 6.70. The van der Waals surface area contributed by atoms with Crippen LogP contribution in [0.15, 0.2) is 0 Å². The van der Waals surface area contributed by atoms with Crippen LogP contribution in [0.5, 0.6) is 0 Å². The van der Waals surface area contributed by atoms with Crippen molar-refractivity contribution in [3.8, 4) is 0 Å². The van der Waals surface area contributed by atoms with Crippen molar-refractivity contribution in [3.63, 3.8) is 0 Å². The van der Waals surface area contributed by atoms with Crippen LogP contribution in [0, 0.1) is 5.92 Å². The fourth-order valence-electron chi connectivity index (χ4n) is 2.47. The molecule has 0 bridgehead atoms. The molecule has 0 amide bonds. The molecule has 0 aromatic heterocycles. The zero-order valence-electron chi connectivity index (χ0n) is 10.6. The Morgan fingerprint density at radius 3 is 2.00 bits per heavy atom. The van der Waals surface area contributed by atoms with Crippen molar-refractivity contribution in [2.24, 2.45) is 5.92 Å². The third-order valence-corrected chi connectivity index (χ3v) is 3.07. The average molecular weight is 199 g/mol. The quantitative estimate of drug-likeness (QED) is 0.622. The van der Waals surface area contributed by atoms with E-state index in [4.69, 9.17) is 0 Å². The maximum atomic E-state index is 3.62. The topological polar surface area (TPSA) is 12.0 Å². The van der Waals surface area contributed by atoms with Crippen molar-refractivity contribution >= 4 is 0 Å². The highest BCUT2D eigenvalue weighted by Gasteiger charge is 2.26. The molecule has 86 valence electrons. The van der Waals surface area contributed by atoms with Gasteiger partial charge >= 0.3 is 0 Å². The Bertz CT molecular complexity index is 85.8. The van der Waals surface area contributed by atoms with Gasteiger partial charge in [-0.15, -0.1) is 0 Å². The minimum atomic E-state index is 0.905. The molecule has 0 aromatic carbocycles. The first-order valence-electron chi connectivity index (χ1n) is 6.70. The van der Waals surface area contributed by atoms with Crippen LogP contribution in [0.2, 0.25) is 0 Å². The molecular weight excluding hydrogens is 170 g/mol. The summed E-state index contributed by atoms with van der Waals surface area (Å²) < 4.78 is 0. The van der Waals surface area contributed by atoms with Crippen molar-refractivity contribution in [2.75, 3.05) is 6.54 Å². The van der Waals surface area contributed by atoms with E-state index in [1.165, 1.54) is 45.1 Å². The number of hydrogen-bond donors (Lipinski definition) is 1. The Kier molecular flexibility index (Phi) is 9.49. The van der Waals surface area contributed by atoms with Crippen LogP contribution < -0.4 is 5.32 Å². The second-order valence-electron chi connectivity index (χ2n) is 3.75. The van der Waals surface area contributed by atoms with Crippen LogP contribution in [-0.2, 0) is 0 Å². The van der Waals surface area contributed by atoms with E-state index in [1.807, 2.05) is 27.7 Å². The molecule has 1 saturated heterocycles. The Labute approximate surface area is 90.7 Å². The molecule has 1 heteroatoms.